The number of hydrogen-bond donors (Lipinski definition) is 3. The van der Waals surface area contributed by atoms with E-state index in [1.807, 2.05) is 41.9 Å². The number of nitrogens with two attached hydrogens (primary N) is 1. The molecule has 1 heterocycles. The van der Waals surface area contributed by atoms with E-state index in [1.165, 1.54) is 0 Å². The second-order valence-corrected chi connectivity index (χ2v) is 5.52. The molecule has 6 heteroatoms. The number of carbonyl (C=O) groups is 2. The third-order valence-corrected chi connectivity index (χ3v) is 3.89. The minimum Gasteiger partial charge on any atom is -0.368 e. The van der Waals surface area contributed by atoms with Crippen LogP contribution in [-0.2, 0) is 11.8 Å². The van der Waals surface area contributed by atoms with Crippen LogP contribution < -0.4 is 16.6 Å². The Labute approximate surface area is 139 Å². The maximum absolute atomic E-state index is 12.5. The largest absolute Gasteiger partial charge is 0.368 e. The molecule has 0 aliphatic carbocycles. The van der Waals surface area contributed by atoms with Gasteiger partial charge in [0.15, 0.2) is 0 Å². The quantitative estimate of drug-likeness (QED) is 0.624. The van der Waals surface area contributed by atoms with Gasteiger partial charge in [0.25, 0.3) is 5.91 Å². The lowest BCUT2D eigenvalue weighted by Gasteiger charge is -2.16. The highest BCUT2D eigenvalue weighted by Crippen LogP contribution is 2.20. The van der Waals surface area contributed by atoms with Crippen molar-refractivity contribution in [1.29, 1.82) is 0 Å². The zero-order valence-electron chi connectivity index (χ0n) is 13.2. The Balaban J connectivity index is 1.80. The number of para-hydroxylation sites is 1. The van der Waals surface area contributed by atoms with Crippen molar-refractivity contribution in [2.75, 3.05) is 0 Å². The molecule has 2 amide bonds. The number of nitrogens with zero attached hydrogens (tertiary/aromatic N) is 1. The molecule has 1 atom stereocenters. The molecule has 122 valence electrons. The van der Waals surface area contributed by atoms with Crippen LogP contribution in [0.15, 0.2) is 60.8 Å². The maximum atomic E-state index is 12.5. The number of primary amides is 1. The summed E-state index contributed by atoms with van der Waals surface area (Å²) < 4.78 is 1.88. The van der Waals surface area contributed by atoms with Crippen molar-refractivity contribution >= 4 is 22.7 Å². The number of aryl methyl sites for hydroxylation is 1. The Morgan fingerprint density at radius 3 is 2.42 bits per heavy atom. The highest BCUT2D eigenvalue weighted by atomic mass is 16.2. The maximum Gasteiger partial charge on any atom is 0.267 e. The fraction of sp³-hybridized carbons (Fsp3) is 0.111. The smallest absolute Gasteiger partial charge is 0.267 e. The summed E-state index contributed by atoms with van der Waals surface area (Å²) in [5.74, 6) is -0.895. The first-order valence-electron chi connectivity index (χ1n) is 7.52. The SMILES string of the molecule is Cn1cc(C(=O)NN[C@@H](C(N)=O)c2ccccc2)c2ccccc21. The number of benzene rings is 2. The number of hydrazine groups is 1. The van der Waals surface area contributed by atoms with Crippen molar-refractivity contribution < 1.29 is 9.59 Å². The number of fused-ring (bicyclic) bond motifs is 1. The minimum atomic E-state index is -0.801. The van der Waals surface area contributed by atoms with Gasteiger partial charge in [-0.05, 0) is 11.6 Å². The molecule has 1 aromatic heterocycles. The van der Waals surface area contributed by atoms with Crippen LogP contribution in [-0.4, -0.2) is 16.4 Å². The molecule has 0 saturated heterocycles. The molecule has 0 bridgehead atoms. The van der Waals surface area contributed by atoms with Crippen LogP contribution in [0.5, 0.6) is 0 Å². The number of aromatic nitrogens is 1. The Hall–Kier alpha value is -3.12. The van der Waals surface area contributed by atoms with E-state index < -0.39 is 11.9 Å². The van der Waals surface area contributed by atoms with E-state index in [1.54, 1.807) is 30.5 Å². The van der Waals surface area contributed by atoms with Gasteiger partial charge in [-0.1, -0.05) is 48.5 Å². The summed E-state index contributed by atoms with van der Waals surface area (Å²) in [5, 5.41) is 0.842. The van der Waals surface area contributed by atoms with Crippen molar-refractivity contribution in [2.24, 2.45) is 12.8 Å². The van der Waals surface area contributed by atoms with Gasteiger partial charge in [-0.2, -0.15) is 0 Å². The van der Waals surface area contributed by atoms with E-state index >= 15 is 0 Å². The monoisotopic (exact) mass is 322 g/mol. The summed E-state index contributed by atoms with van der Waals surface area (Å²) in [6.45, 7) is 0. The predicted octanol–water partition coefficient (Wildman–Crippen LogP) is 1.64. The molecule has 3 aromatic rings. The van der Waals surface area contributed by atoms with Gasteiger partial charge < -0.3 is 10.3 Å². The third kappa shape index (κ3) is 3.00. The van der Waals surface area contributed by atoms with Gasteiger partial charge >= 0.3 is 0 Å². The van der Waals surface area contributed by atoms with Gasteiger partial charge in [-0.15, -0.1) is 0 Å². The first-order chi connectivity index (χ1) is 11.6. The van der Waals surface area contributed by atoms with Crippen LogP contribution in [0.25, 0.3) is 10.9 Å². The molecule has 0 spiro atoms. The summed E-state index contributed by atoms with van der Waals surface area (Å²) in [5.41, 5.74) is 12.9. The highest BCUT2D eigenvalue weighted by Gasteiger charge is 2.19. The van der Waals surface area contributed by atoms with Crippen molar-refractivity contribution in [3.8, 4) is 0 Å². The predicted molar refractivity (Wildman–Crippen MR) is 91.9 cm³/mol. The lowest BCUT2D eigenvalue weighted by molar-refractivity contribution is -0.120. The highest BCUT2D eigenvalue weighted by molar-refractivity contribution is 6.06. The molecule has 3 rings (SSSR count). The molecule has 0 aliphatic rings. The average Bonchev–Trinajstić information content (AvgIpc) is 2.93. The summed E-state index contributed by atoms with van der Waals surface area (Å²) in [6.07, 6.45) is 1.75. The molecule has 2 aromatic carbocycles. The molecule has 24 heavy (non-hydrogen) atoms. The van der Waals surface area contributed by atoms with Crippen LogP contribution in [0.2, 0.25) is 0 Å². The van der Waals surface area contributed by atoms with Gasteiger partial charge in [0.2, 0.25) is 5.91 Å². The minimum absolute atomic E-state index is 0.325. The second kappa shape index (κ2) is 6.55. The fourth-order valence-corrected chi connectivity index (χ4v) is 2.69. The van der Waals surface area contributed by atoms with Crippen LogP contribution in [0.1, 0.15) is 22.0 Å². The topological polar surface area (TPSA) is 89.2 Å². The van der Waals surface area contributed by atoms with E-state index in [0.717, 1.165) is 10.9 Å². The summed E-state index contributed by atoms with van der Waals surface area (Å²) in [4.78, 5) is 24.2. The molecular formula is C18H18N4O2. The standard InChI is InChI=1S/C18H18N4O2/c1-22-11-14(13-9-5-6-10-15(13)22)18(24)21-20-16(17(19)23)12-7-3-2-4-8-12/h2-11,16,20H,1H3,(H2,19,23)(H,21,24)/t16-/m1/s1. The van der Waals surface area contributed by atoms with Gasteiger partial charge in [0, 0.05) is 24.1 Å². The molecular weight excluding hydrogens is 304 g/mol. The van der Waals surface area contributed by atoms with Crippen molar-refractivity contribution in [3.05, 3.63) is 71.9 Å². The van der Waals surface area contributed by atoms with E-state index in [-0.39, 0.29) is 5.91 Å². The second-order valence-electron chi connectivity index (χ2n) is 5.52. The molecule has 4 N–H and O–H groups in total. The van der Waals surface area contributed by atoms with Gasteiger partial charge in [-0.25, -0.2) is 5.43 Å². The Kier molecular flexibility index (Phi) is 4.31. The lowest BCUT2D eigenvalue weighted by atomic mass is 10.1. The molecule has 0 unspecified atom stereocenters. The number of hydrogen-bond acceptors (Lipinski definition) is 3. The van der Waals surface area contributed by atoms with Crippen molar-refractivity contribution in [1.82, 2.24) is 15.4 Å². The molecule has 0 radical (unpaired) electrons. The van der Waals surface area contributed by atoms with Crippen LogP contribution in [0.3, 0.4) is 0 Å². The number of carbonyl (C=O) groups excluding carboxylic acids is 2. The molecule has 6 nitrogen and oxygen atoms in total. The van der Waals surface area contributed by atoms with Gasteiger partial charge in [0.1, 0.15) is 6.04 Å². The summed E-state index contributed by atoms with van der Waals surface area (Å²) in [6, 6.07) is 15.8. The Morgan fingerprint density at radius 2 is 1.71 bits per heavy atom. The fourth-order valence-electron chi connectivity index (χ4n) is 2.69. The van der Waals surface area contributed by atoms with Crippen LogP contribution in [0, 0.1) is 0 Å². The van der Waals surface area contributed by atoms with Gasteiger partial charge in [-0.3, -0.25) is 15.0 Å². The zero-order valence-corrected chi connectivity index (χ0v) is 13.2. The summed E-state index contributed by atoms with van der Waals surface area (Å²) in [7, 11) is 1.88. The number of rotatable bonds is 5. The van der Waals surface area contributed by atoms with Crippen molar-refractivity contribution in [3.63, 3.8) is 0 Å². The van der Waals surface area contributed by atoms with Gasteiger partial charge in [0.05, 0.1) is 5.56 Å². The first-order valence-corrected chi connectivity index (χ1v) is 7.52. The number of nitrogens with one attached hydrogen (secondary N) is 2. The first kappa shape index (κ1) is 15.8. The Bertz CT molecular complexity index is 886. The normalized spacial score (nSPS) is 12.0. The zero-order chi connectivity index (χ0) is 17.1. The molecule has 0 aliphatic heterocycles. The number of amides is 2. The van der Waals surface area contributed by atoms with E-state index in [0.29, 0.717) is 11.1 Å². The lowest BCUT2D eigenvalue weighted by Crippen LogP contribution is -2.45. The van der Waals surface area contributed by atoms with E-state index in [9.17, 15) is 9.59 Å². The molecule has 0 saturated carbocycles. The Morgan fingerprint density at radius 1 is 1.04 bits per heavy atom. The molecule has 0 fully saturated rings. The van der Waals surface area contributed by atoms with E-state index in [2.05, 4.69) is 10.9 Å². The van der Waals surface area contributed by atoms with Crippen molar-refractivity contribution in [2.45, 2.75) is 6.04 Å². The summed E-state index contributed by atoms with van der Waals surface area (Å²) >= 11 is 0. The third-order valence-electron chi connectivity index (χ3n) is 3.89. The average molecular weight is 322 g/mol. The van der Waals surface area contributed by atoms with E-state index in [4.69, 9.17) is 5.73 Å². The van der Waals surface area contributed by atoms with Crippen LogP contribution >= 0.6 is 0 Å². The van der Waals surface area contributed by atoms with Crippen LogP contribution in [0.4, 0.5) is 0 Å².